The third-order valence-corrected chi connectivity index (χ3v) is 6.71. The number of hydrogen-bond acceptors (Lipinski definition) is 3. The number of sulfonamides is 1. The van der Waals surface area contributed by atoms with Gasteiger partial charge in [-0.1, -0.05) is 19.1 Å². The first kappa shape index (κ1) is 15.9. The van der Waals surface area contributed by atoms with Gasteiger partial charge in [0.25, 0.3) is 0 Å². The van der Waals surface area contributed by atoms with E-state index >= 15 is 0 Å². The van der Waals surface area contributed by atoms with E-state index < -0.39 is 10.0 Å². The first-order valence-corrected chi connectivity index (χ1v) is 9.15. The average molecular weight is 361 g/mol. The molecule has 1 aliphatic rings. The van der Waals surface area contributed by atoms with Gasteiger partial charge in [-0.15, -0.1) is 0 Å². The molecule has 1 fully saturated rings. The lowest BCUT2D eigenvalue weighted by Gasteiger charge is -2.29. The topological polar surface area (TPSA) is 40.6 Å². The van der Waals surface area contributed by atoms with Crippen LogP contribution in [0.2, 0.25) is 0 Å². The van der Waals surface area contributed by atoms with Gasteiger partial charge in [0.05, 0.1) is 4.90 Å². The number of halogens is 1. The van der Waals surface area contributed by atoms with Gasteiger partial charge in [0.2, 0.25) is 10.0 Å². The number of hydrogen-bond donors (Lipinski definition) is 0. The molecule has 112 valence electrons. The molecule has 20 heavy (non-hydrogen) atoms. The van der Waals surface area contributed by atoms with Crippen molar-refractivity contribution in [1.82, 2.24) is 9.21 Å². The predicted octanol–water partition coefficient (Wildman–Crippen LogP) is 2.55. The summed E-state index contributed by atoms with van der Waals surface area (Å²) in [5.41, 5.74) is 0. The van der Waals surface area contributed by atoms with Crippen LogP contribution in [0.25, 0.3) is 0 Å². The molecule has 0 aliphatic carbocycles. The second-order valence-electron chi connectivity index (χ2n) is 5.22. The van der Waals surface area contributed by atoms with Gasteiger partial charge < -0.3 is 4.90 Å². The summed E-state index contributed by atoms with van der Waals surface area (Å²) in [7, 11) is -1.39. The van der Waals surface area contributed by atoms with Crippen LogP contribution in [0.3, 0.4) is 0 Å². The highest BCUT2D eigenvalue weighted by molar-refractivity contribution is 9.10. The molecule has 0 spiro atoms. The summed E-state index contributed by atoms with van der Waals surface area (Å²) in [4.78, 5) is 2.58. The monoisotopic (exact) mass is 360 g/mol. The van der Waals surface area contributed by atoms with Crippen LogP contribution in [-0.4, -0.2) is 50.3 Å². The SMILES string of the molecule is CCC1CN(C)CCCN1S(=O)(=O)c1ccccc1Br. The largest absolute Gasteiger partial charge is 0.305 e. The van der Waals surface area contributed by atoms with Crippen LogP contribution in [0.1, 0.15) is 19.8 Å². The zero-order valence-corrected chi connectivity index (χ0v) is 14.3. The summed E-state index contributed by atoms with van der Waals surface area (Å²) in [5.74, 6) is 0. The minimum atomic E-state index is -3.44. The van der Waals surface area contributed by atoms with Crippen LogP contribution >= 0.6 is 15.9 Å². The smallest absolute Gasteiger partial charge is 0.244 e. The zero-order valence-electron chi connectivity index (χ0n) is 11.9. The van der Waals surface area contributed by atoms with Crippen LogP contribution in [-0.2, 0) is 10.0 Å². The summed E-state index contributed by atoms with van der Waals surface area (Å²) in [5, 5.41) is 0. The molecular formula is C14H21BrN2O2S. The first-order valence-electron chi connectivity index (χ1n) is 6.91. The van der Waals surface area contributed by atoms with Crippen molar-refractivity contribution in [2.24, 2.45) is 0 Å². The Morgan fingerprint density at radius 3 is 2.65 bits per heavy atom. The Kier molecular flexibility index (Phi) is 5.23. The molecule has 4 nitrogen and oxygen atoms in total. The molecule has 6 heteroatoms. The number of benzene rings is 1. The normalized spacial score (nSPS) is 22.6. The van der Waals surface area contributed by atoms with Gasteiger partial charge in [0, 0.05) is 23.6 Å². The van der Waals surface area contributed by atoms with Gasteiger partial charge in [-0.25, -0.2) is 8.42 Å². The highest BCUT2D eigenvalue weighted by Crippen LogP contribution is 2.27. The lowest BCUT2D eigenvalue weighted by Crippen LogP contribution is -2.43. The fourth-order valence-electron chi connectivity index (χ4n) is 2.65. The van der Waals surface area contributed by atoms with Crippen LogP contribution in [0.5, 0.6) is 0 Å². The van der Waals surface area contributed by atoms with Crippen molar-refractivity contribution in [1.29, 1.82) is 0 Å². The van der Waals surface area contributed by atoms with Gasteiger partial charge in [-0.2, -0.15) is 4.31 Å². The van der Waals surface area contributed by atoms with Crippen molar-refractivity contribution >= 4 is 26.0 Å². The van der Waals surface area contributed by atoms with E-state index in [0.29, 0.717) is 15.9 Å². The lowest BCUT2D eigenvalue weighted by molar-refractivity contribution is 0.270. The molecule has 0 radical (unpaired) electrons. The summed E-state index contributed by atoms with van der Waals surface area (Å²) < 4.78 is 28.1. The van der Waals surface area contributed by atoms with E-state index in [1.807, 2.05) is 13.0 Å². The molecule has 1 saturated heterocycles. The molecule has 0 aromatic heterocycles. The van der Waals surface area contributed by atoms with Crippen LogP contribution in [0.15, 0.2) is 33.6 Å². The Hall–Kier alpha value is -0.430. The van der Waals surface area contributed by atoms with E-state index in [2.05, 4.69) is 27.9 Å². The number of likely N-dealkylation sites (N-methyl/N-ethyl adjacent to an activating group) is 1. The van der Waals surface area contributed by atoms with Crippen LogP contribution in [0.4, 0.5) is 0 Å². The fraction of sp³-hybridized carbons (Fsp3) is 0.571. The second kappa shape index (κ2) is 6.56. The van der Waals surface area contributed by atoms with Crippen molar-refractivity contribution in [3.8, 4) is 0 Å². The molecule has 0 bridgehead atoms. The minimum absolute atomic E-state index is 0.0413. The molecule has 0 N–H and O–H groups in total. The quantitative estimate of drug-likeness (QED) is 0.831. The Balaban J connectivity index is 2.39. The van der Waals surface area contributed by atoms with E-state index in [1.54, 1.807) is 22.5 Å². The van der Waals surface area contributed by atoms with Gasteiger partial charge in [0.1, 0.15) is 0 Å². The van der Waals surface area contributed by atoms with Crippen molar-refractivity contribution in [3.63, 3.8) is 0 Å². The van der Waals surface area contributed by atoms with Crippen LogP contribution < -0.4 is 0 Å². The molecule has 1 atom stereocenters. The third-order valence-electron chi connectivity index (χ3n) is 3.74. The van der Waals surface area contributed by atoms with Gasteiger partial charge in [-0.3, -0.25) is 0 Å². The van der Waals surface area contributed by atoms with Crippen molar-refractivity contribution in [2.45, 2.75) is 30.7 Å². The standard InChI is InChI=1S/C14H21BrN2O2S/c1-3-12-11-16(2)9-6-10-17(12)20(18,19)14-8-5-4-7-13(14)15/h4-5,7-8,12H,3,6,9-11H2,1-2H3. The Labute approximate surface area is 129 Å². The molecule has 1 aromatic rings. The van der Waals surface area contributed by atoms with Gasteiger partial charge in [-0.05, 0) is 54.5 Å². The van der Waals surface area contributed by atoms with Crippen molar-refractivity contribution in [3.05, 3.63) is 28.7 Å². The van der Waals surface area contributed by atoms with E-state index in [9.17, 15) is 8.42 Å². The molecule has 1 aliphatic heterocycles. The molecule has 0 saturated carbocycles. The summed E-state index contributed by atoms with van der Waals surface area (Å²) in [6, 6.07) is 7.08. The van der Waals surface area contributed by atoms with Crippen LogP contribution in [0, 0.1) is 0 Å². The maximum Gasteiger partial charge on any atom is 0.244 e. The Morgan fingerprint density at radius 2 is 2.00 bits per heavy atom. The van der Waals surface area contributed by atoms with E-state index in [0.717, 1.165) is 25.9 Å². The highest BCUT2D eigenvalue weighted by Gasteiger charge is 2.33. The second-order valence-corrected chi connectivity index (χ2v) is 7.94. The zero-order chi connectivity index (χ0) is 14.8. The summed E-state index contributed by atoms with van der Waals surface area (Å²) in [6.45, 7) is 4.37. The van der Waals surface area contributed by atoms with E-state index in [4.69, 9.17) is 0 Å². The van der Waals surface area contributed by atoms with Crippen molar-refractivity contribution < 1.29 is 8.42 Å². The lowest BCUT2D eigenvalue weighted by atomic mass is 10.2. The van der Waals surface area contributed by atoms with Gasteiger partial charge >= 0.3 is 0 Å². The van der Waals surface area contributed by atoms with E-state index in [1.165, 1.54) is 0 Å². The van der Waals surface area contributed by atoms with Gasteiger partial charge in [0.15, 0.2) is 0 Å². The summed E-state index contributed by atoms with van der Waals surface area (Å²) in [6.07, 6.45) is 1.70. The molecular weight excluding hydrogens is 340 g/mol. The summed E-state index contributed by atoms with van der Waals surface area (Å²) >= 11 is 3.36. The van der Waals surface area contributed by atoms with Crippen molar-refractivity contribution in [2.75, 3.05) is 26.7 Å². The predicted molar refractivity (Wildman–Crippen MR) is 84.2 cm³/mol. The number of rotatable bonds is 3. The fourth-order valence-corrected chi connectivity index (χ4v) is 5.34. The maximum absolute atomic E-state index is 12.9. The highest BCUT2D eigenvalue weighted by atomic mass is 79.9. The molecule has 1 aromatic carbocycles. The third kappa shape index (κ3) is 3.24. The Morgan fingerprint density at radius 1 is 1.30 bits per heavy atom. The molecule has 1 heterocycles. The molecule has 2 rings (SSSR count). The average Bonchev–Trinajstić information content (AvgIpc) is 2.60. The maximum atomic E-state index is 12.9. The molecule has 1 unspecified atom stereocenters. The van der Waals surface area contributed by atoms with E-state index in [-0.39, 0.29) is 6.04 Å². The number of nitrogens with zero attached hydrogens (tertiary/aromatic N) is 2. The molecule has 0 amide bonds. The first-order chi connectivity index (χ1) is 9.46. The minimum Gasteiger partial charge on any atom is -0.305 e. The Bertz CT molecular complexity index is 562.